The molecule has 98 valence electrons. The minimum Gasteiger partial charge on any atom is -0.370 e. The normalized spacial score (nSPS) is 16.4. The molecule has 0 heterocycles. The maximum Gasteiger partial charge on any atom is 0.225 e. The summed E-state index contributed by atoms with van der Waals surface area (Å²) in [6.07, 6.45) is 4.59. The van der Waals surface area contributed by atoms with E-state index in [9.17, 15) is 9.59 Å². The Balaban J connectivity index is 2.53. The van der Waals surface area contributed by atoms with Crippen LogP contribution in [-0.2, 0) is 9.59 Å². The van der Waals surface area contributed by atoms with Crippen LogP contribution in [0.5, 0.6) is 0 Å². The van der Waals surface area contributed by atoms with Crippen molar-refractivity contribution in [3.05, 3.63) is 0 Å². The number of carbonyl (C=O) groups excluding carboxylic acids is 2. The summed E-state index contributed by atoms with van der Waals surface area (Å²) in [4.78, 5) is 24.9. The third-order valence-corrected chi connectivity index (χ3v) is 3.23. The molecule has 0 bridgehead atoms. The summed E-state index contributed by atoms with van der Waals surface area (Å²) in [6, 6.07) is 0. The van der Waals surface area contributed by atoms with Gasteiger partial charge in [-0.1, -0.05) is 26.7 Å². The first-order valence-corrected chi connectivity index (χ1v) is 6.57. The first-order valence-electron chi connectivity index (χ1n) is 6.57. The summed E-state index contributed by atoms with van der Waals surface area (Å²) in [5.41, 5.74) is 5.15. The first kappa shape index (κ1) is 14.0. The van der Waals surface area contributed by atoms with Gasteiger partial charge in [0.1, 0.15) is 0 Å². The van der Waals surface area contributed by atoms with Crippen molar-refractivity contribution in [3.8, 4) is 0 Å². The van der Waals surface area contributed by atoms with E-state index in [0.717, 1.165) is 32.2 Å². The molecule has 1 aliphatic carbocycles. The number of nitrogens with zero attached hydrogens (tertiary/aromatic N) is 1. The molecule has 1 rings (SSSR count). The van der Waals surface area contributed by atoms with Crippen LogP contribution in [0, 0.1) is 11.8 Å². The standard InChI is InChI=1S/C13H24N2O2/c1-10(2)9-15(8-7-12(14)16)13(17)11-5-3-4-6-11/h10-11H,3-9H2,1-2H3,(H2,14,16). The van der Waals surface area contributed by atoms with Gasteiger partial charge in [-0.05, 0) is 18.8 Å². The van der Waals surface area contributed by atoms with Crippen LogP contribution in [0.2, 0.25) is 0 Å². The molecule has 1 aliphatic rings. The number of carbonyl (C=O) groups is 2. The highest BCUT2D eigenvalue weighted by molar-refractivity contribution is 5.80. The highest BCUT2D eigenvalue weighted by atomic mass is 16.2. The Morgan fingerprint density at radius 3 is 2.35 bits per heavy atom. The van der Waals surface area contributed by atoms with E-state index in [-0.39, 0.29) is 24.2 Å². The van der Waals surface area contributed by atoms with Gasteiger partial charge in [0.15, 0.2) is 0 Å². The average molecular weight is 240 g/mol. The maximum absolute atomic E-state index is 12.3. The molecule has 17 heavy (non-hydrogen) atoms. The van der Waals surface area contributed by atoms with E-state index in [1.54, 1.807) is 0 Å². The summed E-state index contributed by atoms with van der Waals surface area (Å²) < 4.78 is 0. The summed E-state index contributed by atoms with van der Waals surface area (Å²) >= 11 is 0. The molecule has 0 saturated heterocycles. The van der Waals surface area contributed by atoms with Crippen LogP contribution in [0.15, 0.2) is 0 Å². The van der Waals surface area contributed by atoms with Crippen LogP contribution in [0.25, 0.3) is 0 Å². The van der Waals surface area contributed by atoms with Crippen molar-refractivity contribution < 1.29 is 9.59 Å². The van der Waals surface area contributed by atoms with Crippen molar-refractivity contribution in [1.82, 2.24) is 4.90 Å². The Morgan fingerprint density at radius 1 is 1.29 bits per heavy atom. The van der Waals surface area contributed by atoms with Gasteiger partial charge in [0.2, 0.25) is 11.8 Å². The van der Waals surface area contributed by atoms with E-state index < -0.39 is 0 Å². The van der Waals surface area contributed by atoms with Crippen LogP contribution in [0.1, 0.15) is 46.0 Å². The highest BCUT2D eigenvalue weighted by Gasteiger charge is 2.27. The molecule has 0 aliphatic heterocycles. The minimum atomic E-state index is -0.335. The smallest absolute Gasteiger partial charge is 0.225 e. The van der Waals surface area contributed by atoms with Gasteiger partial charge in [0, 0.05) is 25.4 Å². The fraction of sp³-hybridized carbons (Fsp3) is 0.846. The molecule has 0 spiro atoms. The molecule has 0 aromatic carbocycles. The van der Waals surface area contributed by atoms with Crippen LogP contribution < -0.4 is 5.73 Å². The van der Waals surface area contributed by atoms with E-state index in [0.29, 0.717) is 12.5 Å². The van der Waals surface area contributed by atoms with Gasteiger partial charge < -0.3 is 10.6 Å². The monoisotopic (exact) mass is 240 g/mol. The predicted molar refractivity (Wildman–Crippen MR) is 67.2 cm³/mol. The Kier molecular flexibility index (Phi) is 5.45. The third-order valence-electron chi connectivity index (χ3n) is 3.23. The zero-order valence-corrected chi connectivity index (χ0v) is 10.9. The van der Waals surface area contributed by atoms with E-state index in [1.807, 2.05) is 4.90 Å². The molecule has 0 atom stereocenters. The highest BCUT2D eigenvalue weighted by Crippen LogP contribution is 2.26. The lowest BCUT2D eigenvalue weighted by Gasteiger charge is -2.27. The number of hydrogen-bond acceptors (Lipinski definition) is 2. The van der Waals surface area contributed by atoms with Crippen LogP contribution in [0.3, 0.4) is 0 Å². The molecule has 1 fully saturated rings. The summed E-state index contributed by atoms with van der Waals surface area (Å²) in [5, 5.41) is 0. The van der Waals surface area contributed by atoms with E-state index >= 15 is 0 Å². The molecule has 0 unspecified atom stereocenters. The lowest BCUT2D eigenvalue weighted by molar-refractivity contribution is -0.136. The summed E-state index contributed by atoms with van der Waals surface area (Å²) in [7, 11) is 0. The van der Waals surface area contributed by atoms with Crippen molar-refractivity contribution in [1.29, 1.82) is 0 Å². The Bertz CT molecular complexity index is 271. The molecule has 4 heteroatoms. The summed E-state index contributed by atoms with van der Waals surface area (Å²) in [5.74, 6) is 0.491. The van der Waals surface area contributed by atoms with Gasteiger partial charge in [-0.25, -0.2) is 0 Å². The third kappa shape index (κ3) is 4.75. The van der Waals surface area contributed by atoms with Crippen LogP contribution in [-0.4, -0.2) is 29.8 Å². The average Bonchev–Trinajstić information content (AvgIpc) is 2.75. The fourth-order valence-electron chi connectivity index (χ4n) is 2.41. The van der Waals surface area contributed by atoms with Gasteiger partial charge in [0.05, 0.1) is 0 Å². The maximum atomic E-state index is 12.3. The van der Waals surface area contributed by atoms with Crippen LogP contribution in [0.4, 0.5) is 0 Å². The zero-order chi connectivity index (χ0) is 12.8. The van der Waals surface area contributed by atoms with Crippen molar-refractivity contribution in [2.45, 2.75) is 46.0 Å². The largest absolute Gasteiger partial charge is 0.370 e. The van der Waals surface area contributed by atoms with Gasteiger partial charge >= 0.3 is 0 Å². The quantitative estimate of drug-likeness (QED) is 0.765. The molecule has 0 aromatic heterocycles. The zero-order valence-electron chi connectivity index (χ0n) is 10.9. The minimum absolute atomic E-state index is 0.182. The predicted octanol–water partition coefficient (Wildman–Crippen LogP) is 1.54. The molecule has 2 amide bonds. The molecule has 0 radical (unpaired) electrons. The molecule has 1 saturated carbocycles. The molecule has 0 aromatic rings. The fourth-order valence-corrected chi connectivity index (χ4v) is 2.41. The molecular formula is C13H24N2O2. The van der Waals surface area contributed by atoms with Crippen molar-refractivity contribution in [3.63, 3.8) is 0 Å². The first-order chi connectivity index (χ1) is 8.00. The number of nitrogens with two attached hydrogens (primary N) is 1. The van der Waals surface area contributed by atoms with E-state index in [4.69, 9.17) is 5.73 Å². The van der Waals surface area contributed by atoms with E-state index in [2.05, 4.69) is 13.8 Å². The van der Waals surface area contributed by atoms with Gasteiger partial charge in [-0.2, -0.15) is 0 Å². The molecular weight excluding hydrogens is 216 g/mol. The Labute approximate surface area is 104 Å². The Hall–Kier alpha value is -1.06. The topological polar surface area (TPSA) is 63.4 Å². The summed E-state index contributed by atoms with van der Waals surface area (Å²) in [6.45, 7) is 5.36. The molecule has 4 nitrogen and oxygen atoms in total. The van der Waals surface area contributed by atoms with Gasteiger partial charge in [-0.15, -0.1) is 0 Å². The number of hydrogen-bond donors (Lipinski definition) is 1. The Morgan fingerprint density at radius 2 is 1.88 bits per heavy atom. The molecule has 2 N–H and O–H groups in total. The van der Waals surface area contributed by atoms with Crippen molar-refractivity contribution >= 4 is 11.8 Å². The second kappa shape index (κ2) is 6.62. The number of rotatable bonds is 6. The van der Waals surface area contributed by atoms with Gasteiger partial charge in [-0.3, -0.25) is 9.59 Å². The van der Waals surface area contributed by atoms with Gasteiger partial charge in [0.25, 0.3) is 0 Å². The number of primary amides is 1. The van der Waals surface area contributed by atoms with Crippen molar-refractivity contribution in [2.24, 2.45) is 17.6 Å². The van der Waals surface area contributed by atoms with Crippen LogP contribution >= 0.6 is 0 Å². The second-order valence-corrected chi connectivity index (χ2v) is 5.38. The lowest BCUT2D eigenvalue weighted by Crippen LogP contribution is -2.39. The van der Waals surface area contributed by atoms with Crippen molar-refractivity contribution in [2.75, 3.05) is 13.1 Å². The number of amides is 2. The SMILES string of the molecule is CC(C)CN(CCC(N)=O)C(=O)C1CCCC1. The lowest BCUT2D eigenvalue weighted by atomic mass is 10.1. The van der Waals surface area contributed by atoms with E-state index in [1.165, 1.54) is 0 Å². The second-order valence-electron chi connectivity index (χ2n) is 5.38.